The number of carbonyl (C=O) groups excluding carboxylic acids is 1. The summed E-state index contributed by atoms with van der Waals surface area (Å²) in [7, 11) is 0. The normalized spacial score (nSPS) is 16.8. The van der Waals surface area contributed by atoms with Crippen LogP contribution in [0.25, 0.3) is 10.9 Å². The van der Waals surface area contributed by atoms with Crippen molar-refractivity contribution >= 4 is 22.6 Å². The van der Waals surface area contributed by atoms with Crippen molar-refractivity contribution in [3.63, 3.8) is 0 Å². The van der Waals surface area contributed by atoms with Crippen molar-refractivity contribution in [3.8, 4) is 0 Å². The fourth-order valence-corrected chi connectivity index (χ4v) is 3.70. The summed E-state index contributed by atoms with van der Waals surface area (Å²) in [5, 5.41) is 8.27. The molecule has 1 aliphatic rings. The third-order valence-electron chi connectivity index (χ3n) is 4.95. The quantitative estimate of drug-likeness (QED) is 0.755. The van der Waals surface area contributed by atoms with Gasteiger partial charge in [-0.15, -0.1) is 0 Å². The number of hydrogen-bond acceptors (Lipinski definition) is 3. The highest BCUT2D eigenvalue weighted by Crippen LogP contribution is 2.38. The lowest BCUT2D eigenvalue weighted by atomic mass is 9.86. The Balaban J connectivity index is 1.93. The summed E-state index contributed by atoms with van der Waals surface area (Å²) in [6.07, 6.45) is 0.254. The van der Waals surface area contributed by atoms with E-state index in [1.165, 1.54) is 0 Å². The number of aromatic amines is 1. The molecule has 6 heteroatoms. The first-order valence-electron chi connectivity index (χ1n) is 8.48. The molecule has 0 saturated carbocycles. The highest BCUT2D eigenvalue weighted by Gasteiger charge is 2.33. The Hall–Kier alpha value is -2.89. The van der Waals surface area contributed by atoms with Crippen LogP contribution in [0.2, 0.25) is 0 Å². The number of carbonyl (C=O) groups is 1. The number of aromatic nitrogens is 3. The van der Waals surface area contributed by atoms with Gasteiger partial charge in [0.25, 0.3) is 5.56 Å². The van der Waals surface area contributed by atoms with Crippen molar-refractivity contribution in [2.24, 2.45) is 0 Å². The number of hydrogen-bond donors (Lipinski definition) is 2. The van der Waals surface area contributed by atoms with Crippen molar-refractivity contribution in [1.29, 1.82) is 0 Å². The first-order chi connectivity index (χ1) is 12.0. The van der Waals surface area contributed by atoms with E-state index in [1.807, 2.05) is 49.7 Å². The van der Waals surface area contributed by atoms with E-state index in [0.29, 0.717) is 11.4 Å². The van der Waals surface area contributed by atoms with Gasteiger partial charge in [0.2, 0.25) is 5.91 Å². The second-order valence-corrected chi connectivity index (χ2v) is 6.61. The molecule has 0 bridgehead atoms. The average Bonchev–Trinajstić information content (AvgIpc) is 2.89. The fourth-order valence-electron chi connectivity index (χ4n) is 3.70. The fraction of sp³-hybridized carbons (Fsp3) is 0.316. The first-order valence-corrected chi connectivity index (χ1v) is 8.48. The minimum atomic E-state index is -0.279. The van der Waals surface area contributed by atoms with Crippen molar-refractivity contribution in [2.45, 2.75) is 39.7 Å². The molecule has 1 atom stereocenters. The minimum absolute atomic E-state index is 0.110. The molecule has 0 fully saturated rings. The monoisotopic (exact) mass is 336 g/mol. The van der Waals surface area contributed by atoms with Crippen LogP contribution in [0.15, 0.2) is 29.1 Å². The highest BCUT2D eigenvalue weighted by atomic mass is 16.2. The van der Waals surface area contributed by atoms with Gasteiger partial charge in [-0.25, -0.2) is 0 Å². The van der Waals surface area contributed by atoms with Crippen molar-refractivity contribution in [3.05, 3.63) is 57.0 Å². The molecular weight excluding hydrogens is 316 g/mol. The number of pyridine rings is 1. The smallest absolute Gasteiger partial charge is 0.252 e. The lowest BCUT2D eigenvalue weighted by Gasteiger charge is -2.22. The zero-order chi connectivity index (χ0) is 17.7. The third-order valence-corrected chi connectivity index (χ3v) is 4.95. The molecule has 128 valence electrons. The number of rotatable bonds is 2. The molecule has 3 aromatic rings. The maximum absolute atomic E-state index is 12.7. The summed E-state index contributed by atoms with van der Waals surface area (Å²) in [5.41, 5.74) is 4.31. The predicted molar refractivity (Wildman–Crippen MR) is 97.0 cm³/mol. The number of H-pyrrole nitrogens is 1. The SMILES string of the molecule is CCn1nc2c(c1C)C(c1cc3ccc(C)cc3[nH]c1=O)CC(=O)N2. The topological polar surface area (TPSA) is 79.8 Å². The Morgan fingerprint density at radius 1 is 1.24 bits per heavy atom. The van der Waals surface area contributed by atoms with E-state index in [4.69, 9.17) is 0 Å². The molecular formula is C19H20N4O2. The van der Waals surface area contributed by atoms with E-state index in [2.05, 4.69) is 15.4 Å². The van der Waals surface area contributed by atoms with Crippen molar-refractivity contribution in [2.75, 3.05) is 5.32 Å². The van der Waals surface area contributed by atoms with Crippen LogP contribution in [0.5, 0.6) is 0 Å². The molecule has 1 unspecified atom stereocenters. The maximum atomic E-state index is 12.7. The second-order valence-electron chi connectivity index (χ2n) is 6.61. The molecule has 0 radical (unpaired) electrons. The molecule has 4 rings (SSSR count). The minimum Gasteiger partial charge on any atom is -0.322 e. The van der Waals surface area contributed by atoms with Gasteiger partial charge in [-0.2, -0.15) is 5.10 Å². The number of benzene rings is 1. The summed E-state index contributed by atoms with van der Waals surface area (Å²) < 4.78 is 1.86. The molecule has 25 heavy (non-hydrogen) atoms. The Labute approximate surface area is 144 Å². The second kappa shape index (κ2) is 5.58. The predicted octanol–water partition coefficient (Wildman–Crippen LogP) is 2.84. The van der Waals surface area contributed by atoms with Gasteiger partial charge in [-0.1, -0.05) is 12.1 Å². The molecule has 6 nitrogen and oxygen atoms in total. The number of nitrogens with zero attached hydrogens (tertiary/aromatic N) is 2. The van der Waals surface area contributed by atoms with E-state index in [1.54, 1.807) is 0 Å². The van der Waals surface area contributed by atoms with E-state index >= 15 is 0 Å². The van der Waals surface area contributed by atoms with Gasteiger partial charge in [0.05, 0.1) is 0 Å². The largest absolute Gasteiger partial charge is 0.322 e. The van der Waals surface area contributed by atoms with Crippen LogP contribution >= 0.6 is 0 Å². The van der Waals surface area contributed by atoms with Crippen molar-refractivity contribution in [1.82, 2.24) is 14.8 Å². The molecule has 2 aromatic heterocycles. The number of amides is 1. The molecule has 0 aliphatic carbocycles. The Bertz CT molecular complexity index is 1060. The average molecular weight is 336 g/mol. The molecule has 1 amide bonds. The zero-order valence-corrected chi connectivity index (χ0v) is 14.5. The molecule has 2 N–H and O–H groups in total. The highest BCUT2D eigenvalue weighted by molar-refractivity contribution is 5.94. The van der Waals surface area contributed by atoms with E-state index < -0.39 is 0 Å². The Kier molecular flexibility index (Phi) is 3.49. The Morgan fingerprint density at radius 2 is 2.04 bits per heavy atom. The van der Waals surface area contributed by atoms with E-state index in [0.717, 1.165) is 34.3 Å². The van der Waals surface area contributed by atoms with Gasteiger partial charge in [-0.3, -0.25) is 14.3 Å². The third kappa shape index (κ3) is 2.45. The summed E-state index contributed by atoms with van der Waals surface area (Å²) in [5.74, 6) is 0.184. The lowest BCUT2D eigenvalue weighted by molar-refractivity contribution is -0.116. The van der Waals surface area contributed by atoms with Gasteiger partial charge in [0.15, 0.2) is 5.82 Å². The summed E-state index contributed by atoms with van der Waals surface area (Å²) in [6, 6.07) is 7.88. The van der Waals surface area contributed by atoms with Gasteiger partial charge in [0, 0.05) is 41.2 Å². The summed E-state index contributed by atoms with van der Waals surface area (Å²) in [4.78, 5) is 27.9. The van der Waals surface area contributed by atoms with E-state index in [-0.39, 0.29) is 23.8 Å². The lowest BCUT2D eigenvalue weighted by Crippen LogP contribution is -2.27. The number of anilines is 1. The molecule has 0 spiro atoms. The van der Waals surface area contributed by atoms with Crippen LogP contribution in [0.3, 0.4) is 0 Å². The van der Waals surface area contributed by atoms with Crippen LogP contribution in [-0.4, -0.2) is 20.7 Å². The number of aryl methyl sites for hydroxylation is 2. The van der Waals surface area contributed by atoms with Gasteiger partial charge < -0.3 is 10.3 Å². The summed E-state index contributed by atoms with van der Waals surface area (Å²) >= 11 is 0. The van der Waals surface area contributed by atoms with Crippen LogP contribution in [0.4, 0.5) is 5.82 Å². The van der Waals surface area contributed by atoms with Gasteiger partial charge in [0.1, 0.15) is 0 Å². The van der Waals surface area contributed by atoms with Crippen molar-refractivity contribution < 1.29 is 4.79 Å². The Morgan fingerprint density at radius 3 is 2.80 bits per heavy atom. The molecule has 1 aromatic carbocycles. The van der Waals surface area contributed by atoms with Gasteiger partial charge >= 0.3 is 0 Å². The standard InChI is InChI=1S/C19H20N4O2/c1-4-23-11(3)17-13(9-16(24)21-18(17)22-23)14-8-12-6-5-10(2)7-15(12)20-19(14)25/h5-8,13H,4,9H2,1-3H3,(H,20,25)(H,21,22,24). The number of fused-ring (bicyclic) bond motifs is 2. The maximum Gasteiger partial charge on any atom is 0.252 e. The van der Waals surface area contributed by atoms with E-state index in [9.17, 15) is 9.59 Å². The molecule has 3 heterocycles. The molecule has 1 aliphatic heterocycles. The van der Waals surface area contributed by atoms with Crippen LogP contribution in [0, 0.1) is 13.8 Å². The van der Waals surface area contributed by atoms with Gasteiger partial charge in [-0.05, 0) is 43.9 Å². The first kappa shape index (κ1) is 15.6. The number of nitrogens with one attached hydrogen (secondary N) is 2. The van der Waals surface area contributed by atoms with Crippen LogP contribution in [0.1, 0.15) is 41.6 Å². The molecule has 0 saturated heterocycles. The van der Waals surface area contributed by atoms with Crippen LogP contribution in [-0.2, 0) is 11.3 Å². The summed E-state index contributed by atoms with van der Waals surface area (Å²) in [6.45, 7) is 6.70. The zero-order valence-electron chi connectivity index (χ0n) is 14.5. The van der Waals surface area contributed by atoms with Crippen LogP contribution < -0.4 is 10.9 Å².